The molecule has 1 aliphatic rings. The lowest BCUT2D eigenvalue weighted by Crippen LogP contribution is -2.14. The van der Waals surface area contributed by atoms with Gasteiger partial charge in [0.15, 0.2) is 5.82 Å². The molecule has 3 heterocycles. The SMILES string of the molecule is c1cc(-c2n[nH]c([C@H]3CCCN3)n2)ccn1. The lowest BCUT2D eigenvalue weighted by molar-refractivity contribution is 0.608. The molecule has 2 aromatic rings. The van der Waals surface area contributed by atoms with Gasteiger partial charge in [0, 0.05) is 18.0 Å². The summed E-state index contributed by atoms with van der Waals surface area (Å²) in [5, 5.41) is 10.6. The minimum Gasteiger partial charge on any atom is -0.307 e. The summed E-state index contributed by atoms with van der Waals surface area (Å²) in [6, 6.07) is 4.16. The first-order valence-electron chi connectivity index (χ1n) is 5.49. The highest BCUT2D eigenvalue weighted by molar-refractivity contribution is 5.52. The van der Waals surface area contributed by atoms with Crippen molar-refractivity contribution in [3.63, 3.8) is 0 Å². The van der Waals surface area contributed by atoms with Crippen LogP contribution >= 0.6 is 0 Å². The number of aromatic amines is 1. The van der Waals surface area contributed by atoms with Gasteiger partial charge in [-0.25, -0.2) is 4.98 Å². The third kappa shape index (κ3) is 1.69. The van der Waals surface area contributed by atoms with E-state index in [2.05, 4.69) is 25.5 Å². The summed E-state index contributed by atoms with van der Waals surface area (Å²) in [6.07, 6.45) is 5.83. The molecule has 1 fully saturated rings. The number of rotatable bonds is 2. The van der Waals surface area contributed by atoms with E-state index in [-0.39, 0.29) is 0 Å². The van der Waals surface area contributed by atoms with Gasteiger partial charge < -0.3 is 5.32 Å². The molecular weight excluding hydrogens is 202 g/mol. The minimum atomic E-state index is 0.336. The first-order chi connectivity index (χ1) is 7.93. The summed E-state index contributed by atoms with van der Waals surface area (Å²) in [6.45, 7) is 1.07. The van der Waals surface area contributed by atoms with Crippen LogP contribution in [0.3, 0.4) is 0 Å². The first kappa shape index (κ1) is 9.47. The highest BCUT2D eigenvalue weighted by atomic mass is 15.2. The predicted octanol–water partition coefficient (Wildman–Crippen LogP) is 1.29. The quantitative estimate of drug-likeness (QED) is 0.792. The topological polar surface area (TPSA) is 66.5 Å². The average Bonchev–Trinajstić information content (AvgIpc) is 3.01. The maximum Gasteiger partial charge on any atom is 0.181 e. The molecule has 0 amide bonds. The van der Waals surface area contributed by atoms with Crippen molar-refractivity contribution >= 4 is 0 Å². The van der Waals surface area contributed by atoms with Crippen molar-refractivity contribution in [3.05, 3.63) is 30.4 Å². The normalized spacial score (nSPS) is 20.1. The van der Waals surface area contributed by atoms with E-state index >= 15 is 0 Å². The van der Waals surface area contributed by atoms with Crippen LogP contribution in [0.2, 0.25) is 0 Å². The zero-order valence-corrected chi connectivity index (χ0v) is 8.85. The highest BCUT2D eigenvalue weighted by Gasteiger charge is 2.19. The molecule has 0 bridgehead atoms. The molecule has 0 saturated carbocycles. The van der Waals surface area contributed by atoms with Gasteiger partial charge in [0.05, 0.1) is 6.04 Å². The van der Waals surface area contributed by atoms with Gasteiger partial charge in [-0.1, -0.05) is 0 Å². The fraction of sp³-hybridized carbons (Fsp3) is 0.364. The van der Waals surface area contributed by atoms with Gasteiger partial charge in [0.25, 0.3) is 0 Å². The Hall–Kier alpha value is -1.75. The van der Waals surface area contributed by atoms with Crippen LogP contribution in [-0.2, 0) is 0 Å². The summed E-state index contributed by atoms with van der Waals surface area (Å²) in [4.78, 5) is 8.48. The molecule has 2 aromatic heterocycles. The zero-order chi connectivity index (χ0) is 10.8. The molecule has 82 valence electrons. The Kier molecular flexibility index (Phi) is 2.38. The molecule has 2 N–H and O–H groups in total. The van der Waals surface area contributed by atoms with Crippen LogP contribution in [-0.4, -0.2) is 26.7 Å². The van der Waals surface area contributed by atoms with Gasteiger partial charge in [0.1, 0.15) is 5.82 Å². The van der Waals surface area contributed by atoms with Gasteiger partial charge in [-0.15, -0.1) is 0 Å². The van der Waals surface area contributed by atoms with E-state index in [1.165, 1.54) is 6.42 Å². The van der Waals surface area contributed by atoms with Crippen molar-refractivity contribution in [3.8, 4) is 11.4 Å². The van der Waals surface area contributed by atoms with E-state index < -0.39 is 0 Å². The highest BCUT2D eigenvalue weighted by Crippen LogP contribution is 2.21. The number of hydrogen-bond donors (Lipinski definition) is 2. The third-order valence-electron chi connectivity index (χ3n) is 2.83. The van der Waals surface area contributed by atoms with Gasteiger partial charge in [-0.2, -0.15) is 5.10 Å². The van der Waals surface area contributed by atoms with E-state index in [4.69, 9.17) is 0 Å². The van der Waals surface area contributed by atoms with Crippen LogP contribution in [0.4, 0.5) is 0 Å². The van der Waals surface area contributed by atoms with E-state index in [0.29, 0.717) is 6.04 Å². The second kappa shape index (κ2) is 4.02. The van der Waals surface area contributed by atoms with E-state index in [1.54, 1.807) is 12.4 Å². The lowest BCUT2D eigenvalue weighted by Gasteiger charge is -2.03. The predicted molar refractivity (Wildman–Crippen MR) is 59.6 cm³/mol. The Morgan fingerprint density at radius 1 is 1.25 bits per heavy atom. The van der Waals surface area contributed by atoms with E-state index in [1.807, 2.05) is 12.1 Å². The summed E-state index contributed by atoms with van der Waals surface area (Å²) in [5.74, 6) is 1.68. The van der Waals surface area contributed by atoms with Crippen molar-refractivity contribution in [2.24, 2.45) is 0 Å². The Morgan fingerprint density at radius 3 is 2.88 bits per heavy atom. The molecule has 16 heavy (non-hydrogen) atoms. The molecule has 1 saturated heterocycles. The Labute approximate surface area is 93.3 Å². The third-order valence-corrected chi connectivity index (χ3v) is 2.83. The lowest BCUT2D eigenvalue weighted by atomic mass is 10.2. The van der Waals surface area contributed by atoms with Crippen LogP contribution in [0.25, 0.3) is 11.4 Å². The number of hydrogen-bond acceptors (Lipinski definition) is 4. The average molecular weight is 215 g/mol. The van der Waals surface area contributed by atoms with Crippen molar-refractivity contribution in [1.29, 1.82) is 0 Å². The Morgan fingerprint density at radius 2 is 2.12 bits per heavy atom. The molecule has 0 unspecified atom stereocenters. The molecule has 0 spiro atoms. The molecule has 0 radical (unpaired) electrons. The molecule has 0 aromatic carbocycles. The standard InChI is InChI=1S/C11H13N5/c1-2-9(13-5-1)11-14-10(15-16-11)8-3-6-12-7-4-8/h3-4,6-7,9,13H,1-2,5H2,(H,14,15,16)/t9-/m1/s1. The molecule has 5 heteroatoms. The maximum absolute atomic E-state index is 4.51. The number of pyridine rings is 1. The molecule has 1 atom stereocenters. The smallest absolute Gasteiger partial charge is 0.181 e. The first-order valence-corrected chi connectivity index (χ1v) is 5.49. The minimum absolute atomic E-state index is 0.336. The number of nitrogens with one attached hydrogen (secondary N) is 2. The fourth-order valence-corrected chi connectivity index (χ4v) is 1.98. The summed E-state index contributed by atoms with van der Waals surface area (Å²) < 4.78 is 0. The van der Waals surface area contributed by atoms with Gasteiger partial charge in [-0.3, -0.25) is 10.1 Å². The second-order valence-electron chi connectivity index (χ2n) is 3.93. The second-order valence-corrected chi connectivity index (χ2v) is 3.93. The molecule has 0 aliphatic carbocycles. The van der Waals surface area contributed by atoms with Crippen LogP contribution in [0.1, 0.15) is 24.7 Å². The summed E-state index contributed by atoms with van der Waals surface area (Å²) >= 11 is 0. The maximum atomic E-state index is 4.51. The summed E-state index contributed by atoms with van der Waals surface area (Å²) in [5.41, 5.74) is 0.996. The van der Waals surface area contributed by atoms with Crippen molar-refractivity contribution in [2.45, 2.75) is 18.9 Å². The summed E-state index contributed by atoms with van der Waals surface area (Å²) in [7, 11) is 0. The van der Waals surface area contributed by atoms with Crippen molar-refractivity contribution < 1.29 is 0 Å². The largest absolute Gasteiger partial charge is 0.307 e. The number of H-pyrrole nitrogens is 1. The van der Waals surface area contributed by atoms with E-state index in [0.717, 1.165) is 30.2 Å². The van der Waals surface area contributed by atoms with Crippen molar-refractivity contribution in [1.82, 2.24) is 25.5 Å². The van der Waals surface area contributed by atoms with Crippen molar-refractivity contribution in [2.75, 3.05) is 6.54 Å². The van der Waals surface area contributed by atoms with Gasteiger partial charge >= 0.3 is 0 Å². The molecular formula is C11H13N5. The van der Waals surface area contributed by atoms with Crippen LogP contribution < -0.4 is 5.32 Å². The number of aromatic nitrogens is 4. The van der Waals surface area contributed by atoms with Crippen LogP contribution in [0.5, 0.6) is 0 Å². The number of nitrogens with zero attached hydrogens (tertiary/aromatic N) is 3. The van der Waals surface area contributed by atoms with Crippen LogP contribution in [0, 0.1) is 0 Å². The Balaban J connectivity index is 1.87. The van der Waals surface area contributed by atoms with Gasteiger partial charge in [0.2, 0.25) is 0 Å². The van der Waals surface area contributed by atoms with Crippen LogP contribution in [0.15, 0.2) is 24.5 Å². The molecule has 1 aliphatic heterocycles. The Bertz CT molecular complexity index is 458. The molecule has 5 nitrogen and oxygen atoms in total. The van der Waals surface area contributed by atoms with E-state index in [9.17, 15) is 0 Å². The van der Waals surface area contributed by atoms with Gasteiger partial charge in [-0.05, 0) is 31.5 Å². The molecule has 3 rings (SSSR count). The monoisotopic (exact) mass is 215 g/mol. The fourth-order valence-electron chi connectivity index (χ4n) is 1.98. The zero-order valence-electron chi connectivity index (χ0n) is 8.85.